The molecule has 0 aromatic heterocycles. The van der Waals surface area contributed by atoms with Crippen molar-refractivity contribution in [3.63, 3.8) is 0 Å². The minimum absolute atomic E-state index is 0.174. The second kappa shape index (κ2) is 5.64. The molecule has 0 atom stereocenters. The summed E-state index contributed by atoms with van der Waals surface area (Å²) in [5.41, 5.74) is 0. The molecule has 2 heterocycles. The van der Waals surface area contributed by atoms with Gasteiger partial charge in [0.15, 0.2) is 0 Å². The zero-order valence-electron chi connectivity index (χ0n) is 11.2. The maximum absolute atomic E-state index is 12.1. The molecule has 2 aliphatic rings. The molecule has 0 spiro atoms. The van der Waals surface area contributed by atoms with Gasteiger partial charge in [-0.15, -0.1) is 0 Å². The summed E-state index contributed by atoms with van der Waals surface area (Å²) in [6, 6.07) is 9.03. The Morgan fingerprint density at radius 3 is 1.43 bits per heavy atom. The van der Waals surface area contributed by atoms with Crippen molar-refractivity contribution in [3.8, 4) is 0 Å². The maximum atomic E-state index is 12.1. The van der Waals surface area contributed by atoms with E-state index < -0.39 is 22.3 Å². The van der Waals surface area contributed by atoms with Gasteiger partial charge in [0.05, 0.1) is 0 Å². The molecule has 3 rings (SSSR count). The zero-order valence-corrected chi connectivity index (χ0v) is 14.7. The van der Waals surface area contributed by atoms with Gasteiger partial charge in [0.1, 0.15) is 0 Å². The van der Waals surface area contributed by atoms with Crippen LogP contribution in [0.5, 0.6) is 0 Å². The Morgan fingerprint density at radius 2 is 1.05 bits per heavy atom. The number of benzene rings is 1. The molecule has 0 bridgehead atoms. The number of imide groups is 2. The van der Waals surface area contributed by atoms with Gasteiger partial charge in [0.25, 0.3) is 0 Å². The van der Waals surface area contributed by atoms with Crippen molar-refractivity contribution in [1.29, 1.82) is 0 Å². The molecule has 1 aromatic rings. The molecule has 6 nitrogen and oxygen atoms in total. The summed E-state index contributed by atoms with van der Waals surface area (Å²) in [6.45, 7) is 0. The van der Waals surface area contributed by atoms with E-state index in [1.54, 1.807) is 24.3 Å². The third-order valence-electron chi connectivity index (χ3n) is 3.42. The van der Waals surface area contributed by atoms with Crippen LogP contribution in [0.4, 0.5) is 0 Å². The predicted molar refractivity (Wildman–Crippen MR) is 74.0 cm³/mol. The van der Waals surface area contributed by atoms with Crippen molar-refractivity contribution in [2.75, 3.05) is 0 Å². The van der Waals surface area contributed by atoms with Crippen LogP contribution in [0.25, 0.3) is 0 Å². The van der Waals surface area contributed by atoms with Gasteiger partial charge in [-0.25, -0.2) is 0 Å². The van der Waals surface area contributed by atoms with Gasteiger partial charge in [-0.05, 0) is 0 Å². The van der Waals surface area contributed by atoms with E-state index in [4.69, 9.17) is 0 Å². The van der Waals surface area contributed by atoms with Crippen LogP contribution in [0.15, 0.2) is 30.3 Å². The first-order valence-corrected chi connectivity index (χ1v) is 11.5. The summed E-state index contributed by atoms with van der Waals surface area (Å²) < 4.78 is 3.30. The average Bonchev–Trinajstić information content (AvgIpc) is 2.98. The number of carbonyl (C=O) groups excluding carboxylic acids is 4. The Balaban J connectivity index is 2.07. The fraction of sp³-hybridized carbons (Fsp3) is 0.286. The standard InChI is InChI=1S/C6H5.2C4H5NO2.Bi/c1-2-4-6-5-3-1;2*6-3-1-2-4(7)5-3;/h1-5H;2*1-2H2,(H,5,6,7);/q;;;+2/p-2. The first kappa shape index (κ1) is 14.3. The number of amides is 4. The number of rotatable bonds is 3. The molecule has 1 aromatic carbocycles. The van der Waals surface area contributed by atoms with E-state index in [0.717, 1.165) is 3.27 Å². The Hall–Kier alpha value is -1.62. The van der Waals surface area contributed by atoms with Crippen molar-refractivity contribution in [2.24, 2.45) is 0 Å². The van der Waals surface area contributed by atoms with Gasteiger partial charge in [-0.2, -0.15) is 0 Å². The molecule has 0 N–H and O–H groups in total. The van der Waals surface area contributed by atoms with Crippen LogP contribution < -0.4 is 3.27 Å². The fourth-order valence-corrected chi connectivity index (χ4v) is 11.5. The van der Waals surface area contributed by atoms with E-state index in [9.17, 15) is 19.2 Å². The molecular weight excluding hydrogens is 469 g/mol. The first-order valence-electron chi connectivity index (χ1n) is 6.66. The normalized spacial score (nSPS) is 19.3. The Morgan fingerprint density at radius 1 is 0.667 bits per heavy atom. The average molecular weight is 482 g/mol. The molecule has 7 heteroatoms. The van der Waals surface area contributed by atoms with Crippen LogP contribution >= 0.6 is 0 Å². The van der Waals surface area contributed by atoms with Crippen LogP contribution in [-0.4, -0.2) is 51.6 Å². The van der Waals surface area contributed by atoms with Gasteiger partial charge >= 0.3 is 130 Å². The molecule has 0 aliphatic carbocycles. The van der Waals surface area contributed by atoms with Gasteiger partial charge in [-0.1, -0.05) is 0 Å². The van der Waals surface area contributed by atoms with Crippen molar-refractivity contribution in [1.82, 2.24) is 5.69 Å². The topological polar surface area (TPSA) is 74.8 Å². The zero-order chi connectivity index (χ0) is 15.0. The van der Waals surface area contributed by atoms with Crippen LogP contribution in [0.1, 0.15) is 25.7 Å². The number of carbonyl (C=O) groups is 4. The Kier molecular flexibility index (Phi) is 3.85. The summed E-state index contributed by atoms with van der Waals surface area (Å²) in [7, 11) is 0. The van der Waals surface area contributed by atoms with Gasteiger partial charge in [0.2, 0.25) is 0 Å². The van der Waals surface area contributed by atoms with E-state index in [1.165, 1.54) is 5.69 Å². The monoisotopic (exact) mass is 482 g/mol. The van der Waals surface area contributed by atoms with Crippen molar-refractivity contribution >= 4 is 49.2 Å². The van der Waals surface area contributed by atoms with Crippen molar-refractivity contribution in [2.45, 2.75) is 25.7 Å². The second-order valence-electron chi connectivity index (χ2n) is 4.82. The van der Waals surface area contributed by atoms with E-state index in [0.29, 0.717) is 0 Å². The molecule has 2 fully saturated rings. The van der Waals surface area contributed by atoms with Crippen LogP contribution in [0.2, 0.25) is 0 Å². The number of hydrogen-bond acceptors (Lipinski definition) is 4. The summed E-state index contributed by atoms with van der Waals surface area (Å²) in [5, 5.41) is 0. The van der Waals surface area contributed by atoms with E-state index in [2.05, 4.69) is 0 Å². The Bertz CT molecular complexity index is 563. The fourth-order valence-electron chi connectivity index (χ4n) is 2.43. The van der Waals surface area contributed by atoms with Gasteiger partial charge < -0.3 is 0 Å². The summed E-state index contributed by atoms with van der Waals surface area (Å²) in [5.74, 6) is -1.02. The molecular formula is C14H13BiN2O4. The predicted octanol–water partition coefficient (Wildman–Crippen LogP) is -0.320. The molecule has 108 valence electrons. The van der Waals surface area contributed by atoms with Gasteiger partial charge in [0, 0.05) is 0 Å². The van der Waals surface area contributed by atoms with E-state index >= 15 is 0 Å². The first-order chi connectivity index (χ1) is 10.1. The third-order valence-corrected chi connectivity index (χ3v) is 12.8. The molecule has 0 radical (unpaired) electrons. The van der Waals surface area contributed by atoms with E-state index in [-0.39, 0.29) is 49.3 Å². The SMILES string of the molecule is O=C1CCC(=O)[N]1[Bi]([c]1ccccc1)[N]1C(=O)CCC1=O. The van der Waals surface area contributed by atoms with Crippen LogP contribution in [0, 0.1) is 0 Å². The summed E-state index contributed by atoms with van der Waals surface area (Å²) in [6.07, 6.45) is 0.697. The van der Waals surface area contributed by atoms with Gasteiger partial charge in [-0.3, -0.25) is 0 Å². The Labute approximate surface area is 130 Å². The second-order valence-corrected chi connectivity index (χ2v) is 12.2. The van der Waals surface area contributed by atoms with E-state index in [1.807, 2.05) is 6.07 Å². The molecule has 0 unspecified atom stereocenters. The summed E-state index contributed by atoms with van der Waals surface area (Å²) in [4.78, 5) is 48.3. The third kappa shape index (κ3) is 2.50. The number of nitrogens with zero attached hydrogens (tertiary/aromatic N) is 2. The van der Waals surface area contributed by atoms with Crippen LogP contribution in [-0.2, 0) is 19.2 Å². The van der Waals surface area contributed by atoms with Crippen molar-refractivity contribution < 1.29 is 19.2 Å². The molecule has 21 heavy (non-hydrogen) atoms. The number of hydrogen-bond donors (Lipinski definition) is 0. The molecule has 2 saturated heterocycles. The molecule has 4 amide bonds. The summed E-state index contributed by atoms with van der Waals surface area (Å²) >= 11 is -3.46. The van der Waals surface area contributed by atoms with Crippen molar-refractivity contribution in [3.05, 3.63) is 30.3 Å². The van der Waals surface area contributed by atoms with Crippen LogP contribution in [0.3, 0.4) is 0 Å². The quantitative estimate of drug-likeness (QED) is 0.438. The molecule has 0 saturated carbocycles. The minimum atomic E-state index is -3.46. The molecule has 2 aliphatic heterocycles.